The van der Waals surface area contributed by atoms with Crippen LogP contribution in [-0.4, -0.2) is 9.91 Å². The van der Waals surface area contributed by atoms with Crippen molar-refractivity contribution in [1.29, 1.82) is 5.26 Å². The molecule has 2 aromatic rings. The predicted molar refractivity (Wildman–Crippen MR) is 64.2 cm³/mol. The van der Waals surface area contributed by atoms with Gasteiger partial charge in [0.05, 0.1) is 5.56 Å². The molecule has 5 heteroatoms. The first-order valence-electron chi connectivity index (χ1n) is 5.27. The summed E-state index contributed by atoms with van der Waals surface area (Å²) in [7, 11) is 0. The molecule has 5 nitrogen and oxygen atoms in total. The van der Waals surface area contributed by atoms with Gasteiger partial charge >= 0.3 is 0 Å². The number of rotatable bonds is 3. The Morgan fingerprint density at radius 1 is 1.22 bits per heavy atom. The van der Waals surface area contributed by atoms with Crippen molar-refractivity contribution in [3.63, 3.8) is 0 Å². The Balaban J connectivity index is 2.57. The van der Waals surface area contributed by atoms with Gasteiger partial charge in [-0.05, 0) is 12.1 Å². The fourth-order valence-corrected chi connectivity index (χ4v) is 1.78. The second kappa shape index (κ2) is 5.06. The molecule has 1 heterocycles. The summed E-state index contributed by atoms with van der Waals surface area (Å²) in [5, 5.41) is 20.2. The van der Waals surface area contributed by atoms with Crippen molar-refractivity contribution in [2.75, 3.05) is 0 Å². The highest BCUT2D eigenvalue weighted by Gasteiger charge is 2.28. The lowest BCUT2D eigenvalue weighted by atomic mass is 9.98. The summed E-state index contributed by atoms with van der Waals surface area (Å²) in [6.45, 7) is 0. The van der Waals surface area contributed by atoms with E-state index < -0.39 is 11.0 Å². The van der Waals surface area contributed by atoms with Crippen molar-refractivity contribution >= 4 is 0 Å². The SMILES string of the molecule is N#Cc1ncccc1C(c1ccccc1)[N+](=O)[O-]. The summed E-state index contributed by atoms with van der Waals surface area (Å²) in [5.74, 6) is 0. The Hall–Kier alpha value is -2.74. The van der Waals surface area contributed by atoms with E-state index in [0.717, 1.165) is 0 Å². The third kappa shape index (κ3) is 2.18. The van der Waals surface area contributed by atoms with Crippen LogP contribution in [0, 0.1) is 21.4 Å². The molecule has 0 aliphatic heterocycles. The Morgan fingerprint density at radius 3 is 2.56 bits per heavy atom. The predicted octanol–water partition coefficient (Wildman–Crippen LogP) is 2.32. The zero-order chi connectivity index (χ0) is 13.0. The third-order valence-electron chi connectivity index (χ3n) is 2.57. The fourth-order valence-electron chi connectivity index (χ4n) is 1.78. The molecule has 0 saturated carbocycles. The average molecular weight is 239 g/mol. The molecular weight excluding hydrogens is 230 g/mol. The molecule has 0 saturated heterocycles. The molecule has 88 valence electrons. The molecule has 0 spiro atoms. The van der Waals surface area contributed by atoms with Crippen LogP contribution < -0.4 is 0 Å². The van der Waals surface area contributed by atoms with E-state index in [2.05, 4.69) is 4.98 Å². The first-order chi connectivity index (χ1) is 8.74. The van der Waals surface area contributed by atoms with E-state index in [1.807, 2.05) is 6.07 Å². The van der Waals surface area contributed by atoms with Crippen molar-refractivity contribution < 1.29 is 4.92 Å². The Labute approximate surface area is 103 Å². The minimum atomic E-state index is -1.06. The molecule has 18 heavy (non-hydrogen) atoms. The molecular formula is C13H9N3O2. The van der Waals surface area contributed by atoms with Crippen molar-refractivity contribution in [3.05, 3.63) is 75.6 Å². The van der Waals surface area contributed by atoms with Crippen LogP contribution in [0.3, 0.4) is 0 Å². The quantitative estimate of drug-likeness (QED) is 0.608. The van der Waals surface area contributed by atoms with Gasteiger partial charge in [0.1, 0.15) is 6.07 Å². The van der Waals surface area contributed by atoms with Crippen LogP contribution >= 0.6 is 0 Å². The summed E-state index contributed by atoms with van der Waals surface area (Å²) in [5.41, 5.74) is 0.936. The minimum absolute atomic E-state index is 0.0862. The van der Waals surface area contributed by atoms with Crippen molar-refractivity contribution in [2.45, 2.75) is 6.04 Å². The number of benzene rings is 1. The molecule has 1 atom stereocenters. The maximum atomic E-state index is 11.2. The number of hydrogen-bond acceptors (Lipinski definition) is 4. The maximum Gasteiger partial charge on any atom is 0.265 e. The Bertz CT molecular complexity index is 605. The second-order valence-electron chi connectivity index (χ2n) is 3.65. The summed E-state index contributed by atoms with van der Waals surface area (Å²) in [6, 6.07) is 12.6. The van der Waals surface area contributed by atoms with Gasteiger partial charge in [-0.15, -0.1) is 0 Å². The van der Waals surface area contributed by atoms with Gasteiger partial charge in [-0.25, -0.2) is 4.98 Å². The molecule has 1 aromatic heterocycles. The molecule has 0 N–H and O–H groups in total. The number of aromatic nitrogens is 1. The van der Waals surface area contributed by atoms with Crippen molar-refractivity contribution in [3.8, 4) is 6.07 Å². The lowest BCUT2D eigenvalue weighted by Crippen LogP contribution is -2.14. The molecule has 0 aliphatic rings. The highest BCUT2D eigenvalue weighted by Crippen LogP contribution is 2.26. The van der Waals surface area contributed by atoms with Crippen LogP contribution in [0.2, 0.25) is 0 Å². The lowest BCUT2D eigenvalue weighted by molar-refractivity contribution is -0.517. The van der Waals surface area contributed by atoms with E-state index in [0.29, 0.717) is 11.1 Å². The van der Waals surface area contributed by atoms with Gasteiger partial charge in [-0.3, -0.25) is 10.1 Å². The monoisotopic (exact) mass is 239 g/mol. The van der Waals surface area contributed by atoms with Crippen LogP contribution in [0.1, 0.15) is 22.9 Å². The molecule has 0 radical (unpaired) electrons. The van der Waals surface area contributed by atoms with Crippen molar-refractivity contribution in [2.24, 2.45) is 0 Å². The molecule has 0 aliphatic carbocycles. The molecule has 0 amide bonds. The molecule has 0 bridgehead atoms. The molecule has 1 aromatic carbocycles. The number of nitro groups is 1. The minimum Gasteiger partial charge on any atom is -0.264 e. The zero-order valence-corrected chi connectivity index (χ0v) is 9.35. The van der Waals surface area contributed by atoms with Gasteiger partial charge in [-0.2, -0.15) is 5.26 Å². The van der Waals surface area contributed by atoms with Gasteiger partial charge in [0.15, 0.2) is 5.69 Å². The summed E-state index contributed by atoms with van der Waals surface area (Å²) in [4.78, 5) is 14.7. The largest absolute Gasteiger partial charge is 0.265 e. The van der Waals surface area contributed by atoms with Gasteiger partial charge in [0.2, 0.25) is 0 Å². The van der Waals surface area contributed by atoms with Gasteiger partial charge in [0, 0.05) is 16.7 Å². The summed E-state index contributed by atoms with van der Waals surface area (Å²) >= 11 is 0. The van der Waals surface area contributed by atoms with Gasteiger partial charge in [-0.1, -0.05) is 30.3 Å². The standard InChI is InChI=1S/C13H9N3O2/c14-9-12-11(7-4-8-15-12)13(16(17)18)10-5-2-1-3-6-10/h1-8,13H. The van der Waals surface area contributed by atoms with Crippen molar-refractivity contribution in [1.82, 2.24) is 4.98 Å². The van der Waals surface area contributed by atoms with E-state index in [1.54, 1.807) is 42.5 Å². The fraction of sp³-hybridized carbons (Fsp3) is 0.0769. The second-order valence-corrected chi connectivity index (χ2v) is 3.65. The summed E-state index contributed by atoms with van der Waals surface area (Å²) in [6.07, 6.45) is 1.45. The Kier molecular flexibility index (Phi) is 3.30. The molecule has 1 unspecified atom stereocenters. The first kappa shape index (κ1) is 11.7. The zero-order valence-electron chi connectivity index (χ0n) is 9.35. The van der Waals surface area contributed by atoms with E-state index in [-0.39, 0.29) is 5.69 Å². The van der Waals surface area contributed by atoms with Crippen LogP contribution in [0.4, 0.5) is 0 Å². The Morgan fingerprint density at radius 2 is 1.94 bits per heavy atom. The number of pyridine rings is 1. The summed E-state index contributed by atoms with van der Waals surface area (Å²) < 4.78 is 0. The molecule has 2 rings (SSSR count). The van der Waals surface area contributed by atoms with E-state index in [9.17, 15) is 10.1 Å². The normalized spacial score (nSPS) is 11.5. The number of hydrogen-bond donors (Lipinski definition) is 0. The topological polar surface area (TPSA) is 79.8 Å². The average Bonchev–Trinajstić information content (AvgIpc) is 2.40. The van der Waals surface area contributed by atoms with Crippen LogP contribution in [-0.2, 0) is 0 Å². The van der Waals surface area contributed by atoms with E-state index in [1.165, 1.54) is 6.20 Å². The molecule has 0 fully saturated rings. The van der Waals surface area contributed by atoms with Crippen LogP contribution in [0.5, 0.6) is 0 Å². The smallest absolute Gasteiger partial charge is 0.264 e. The van der Waals surface area contributed by atoms with Crippen LogP contribution in [0.15, 0.2) is 48.7 Å². The highest BCUT2D eigenvalue weighted by atomic mass is 16.6. The van der Waals surface area contributed by atoms with Gasteiger partial charge in [0.25, 0.3) is 6.04 Å². The first-order valence-corrected chi connectivity index (χ1v) is 5.27. The van der Waals surface area contributed by atoms with Gasteiger partial charge < -0.3 is 0 Å². The lowest BCUT2D eigenvalue weighted by Gasteiger charge is -2.10. The van der Waals surface area contributed by atoms with E-state index in [4.69, 9.17) is 5.26 Å². The van der Waals surface area contributed by atoms with Crippen LogP contribution in [0.25, 0.3) is 0 Å². The highest BCUT2D eigenvalue weighted by molar-refractivity contribution is 5.37. The van der Waals surface area contributed by atoms with E-state index >= 15 is 0 Å². The number of nitriles is 1. The maximum absolute atomic E-state index is 11.2. The number of nitrogens with zero attached hydrogens (tertiary/aromatic N) is 3. The third-order valence-corrected chi connectivity index (χ3v) is 2.57.